The molecule has 3 rings (SSSR count). The van der Waals surface area contributed by atoms with Gasteiger partial charge in [0.1, 0.15) is 0 Å². The molecule has 2 aromatic heterocycles. The number of benzene rings is 1. The fourth-order valence-electron chi connectivity index (χ4n) is 1.79. The molecule has 1 aromatic carbocycles. The van der Waals surface area contributed by atoms with Crippen LogP contribution in [0.3, 0.4) is 0 Å². The minimum atomic E-state index is 0.682. The zero-order chi connectivity index (χ0) is 12.5. The van der Waals surface area contributed by atoms with Gasteiger partial charge in [-0.05, 0) is 17.8 Å². The molecular weight excluding hydrogens is 244 g/mol. The summed E-state index contributed by atoms with van der Waals surface area (Å²) in [4.78, 5) is 9.65. The maximum atomic E-state index is 6.03. The van der Waals surface area contributed by atoms with E-state index in [-0.39, 0.29) is 0 Å². The normalized spacial score (nSPS) is 10.9. The summed E-state index contributed by atoms with van der Waals surface area (Å²) in [6, 6.07) is 7.98. The molecule has 0 aliphatic carbocycles. The second-order valence-electron chi connectivity index (χ2n) is 3.98. The third-order valence-corrected chi connectivity index (χ3v) is 3.96. The lowest BCUT2D eigenvalue weighted by molar-refractivity contribution is 0.790. The zero-order valence-electron chi connectivity index (χ0n) is 9.87. The first-order chi connectivity index (χ1) is 8.75. The molecule has 5 heteroatoms. The Labute approximate surface area is 109 Å². The van der Waals surface area contributed by atoms with Crippen LogP contribution in [0.25, 0.3) is 10.9 Å². The number of pyridine rings is 1. The minimum Gasteiger partial charge on any atom is -0.397 e. The number of rotatable bonds is 2. The van der Waals surface area contributed by atoms with Gasteiger partial charge >= 0.3 is 0 Å². The van der Waals surface area contributed by atoms with Crippen LogP contribution in [0.2, 0.25) is 0 Å². The first-order valence-electron chi connectivity index (χ1n) is 5.54. The Morgan fingerprint density at radius 3 is 2.83 bits per heavy atom. The fourth-order valence-corrected chi connectivity index (χ4v) is 2.74. The zero-order valence-corrected chi connectivity index (χ0v) is 10.7. The van der Waals surface area contributed by atoms with Crippen molar-refractivity contribution in [1.82, 2.24) is 14.5 Å². The van der Waals surface area contributed by atoms with E-state index in [1.807, 2.05) is 42.1 Å². The second kappa shape index (κ2) is 4.34. The molecular formula is C13H12N4S. The summed E-state index contributed by atoms with van der Waals surface area (Å²) in [6.45, 7) is 0. The number of nitrogens with two attached hydrogens (primary N) is 1. The number of para-hydroxylation sites is 1. The van der Waals surface area contributed by atoms with Gasteiger partial charge in [0.2, 0.25) is 0 Å². The smallest absolute Gasteiger partial charge is 0.172 e. The topological polar surface area (TPSA) is 56.7 Å². The molecule has 0 saturated heterocycles. The van der Waals surface area contributed by atoms with Gasteiger partial charge in [0, 0.05) is 29.7 Å². The Morgan fingerprint density at radius 1 is 1.22 bits per heavy atom. The predicted octanol–water partition coefficient (Wildman–Crippen LogP) is 2.70. The van der Waals surface area contributed by atoms with Crippen molar-refractivity contribution in [3.05, 3.63) is 42.9 Å². The predicted molar refractivity (Wildman–Crippen MR) is 73.5 cm³/mol. The van der Waals surface area contributed by atoms with E-state index in [1.54, 1.807) is 24.2 Å². The van der Waals surface area contributed by atoms with Gasteiger partial charge < -0.3 is 10.3 Å². The highest BCUT2D eigenvalue weighted by Crippen LogP contribution is 2.35. The van der Waals surface area contributed by atoms with Gasteiger partial charge in [-0.2, -0.15) is 0 Å². The number of fused-ring (bicyclic) bond motifs is 1. The van der Waals surface area contributed by atoms with Gasteiger partial charge in [-0.15, -0.1) is 0 Å². The molecule has 0 radical (unpaired) electrons. The van der Waals surface area contributed by atoms with Crippen LogP contribution in [-0.2, 0) is 7.05 Å². The standard InChI is InChI=1S/C13H12N4S/c1-17-7-6-15-13(17)18-12-9-4-2-3-5-11(9)16-8-10(12)14/h2-8H,14H2,1H3. The summed E-state index contributed by atoms with van der Waals surface area (Å²) < 4.78 is 1.97. The Hall–Kier alpha value is -2.01. The summed E-state index contributed by atoms with van der Waals surface area (Å²) in [7, 11) is 1.97. The molecule has 2 N–H and O–H groups in total. The highest BCUT2D eigenvalue weighted by molar-refractivity contribution is 7.99. The lowest BCUT2D eigenvalue weighted by atomic mass is 10.2. The molecule has 0 unspecified atom stereocenters. The minimum absolute atomic E-state index is 0.682. The molecule has 0 amide bonds. The Balaban J connectivity index is 2.16. The first-order valence-corrected chi connectivity index (χ1v) is 6.36. The number of nitrogen functional groups attached to an aromatic ring is 1. The number of aryl methyl sites for hydroxylation is 1. The molecule has 90 valence electrons. The van der Waals surface area contributed by atoms with Crippen LogP contribution in [0.15, 0.2) is 52.9 Å². The van der Waals surface area contributed by atoms with Crippen molar-refractivity contribution in [2.24, 2.45) is 7.05 Å². The van der Waals surface area contributed by atoms with Crippen LogP contribution in [0.4, 0.5) is 5.69 Å². The lowest BCUT2D eigenvalue weighted by Crippen LogP contribution is -1.94. The Kier molecular flexibility index (Phi) is 2.68. The molecule has 3 aromatic rings. The van der Waals surface area contributed by atoms with Crippen LogP contribution >= 0.6 is 11.8 Å². The van der Waals surface area contributed by atoms with E-state index in [4.69, 9.17) is 5.73 Å². The van der Waals surface area contributed by atoms with Crippen molar-refractivity contribution < 1.29 is 0 Å². The van der Waals surface area contributed by atoms with Crippen LogP contribution in [0.1, 0.15) is 0 Å². The number of imidazole rings is 1. The molecule has 0 aliphatic rings. The van der Waals surface area contributed by atoms with E-state index in [9.17, 15) is 0 Å². The number of nitrogens with zero attached hydrogens (tertiary/aromatic N) is 3. The van der Waals surface area contributed by atoms with Gasteiger partial charge in [-0.25, -0.2) is 4.98 Å². The van der Waals surface area contributed by atoms with Crippen molar-refractivity contribution in [1.29, 1.82) is 0 Å². The van der Waals surface area contributed by atoms with E-state index in [1.165, 1.54) is 0 Å². The van der Waals surface area contributed by atoms with Gasteiger partial charge in [-0.3, -0.25) is 4.98 Å². The SMILES string of the molecule is Cn1ccnc1Sc1c(N)cnc2ccccc12. The highest BCUT2D eigenvalue weighted by atomic mass is 32.2. The summed E-state index contributed by atoms with van der Waals surface area (Å²) in [5.41, 5.74) is 7.66. The van der Waals surface area contributed by atoms with Crippen LogP contribution < -0.4 is 5.73 Å². The molecule has 4 nitrogen and oxygen atoms in total. The maximum Gasteiger partial charge on any atom is 0.172 e. The van der Waals surface area contributed by atoms with Gasteiger partial charge in [0.25, 0.3) is 0 Å². The summed E-state index contributed by atoms with van der Waals surface area (Å²) in [5.74, 6) is 0. The summed E-state index contributed by atoms with van der Waals surface area (Å²) in [5, 5.41) is 1.98. The van der Waals surface area contributed by atoms with Crippen LogP contribution in [-0.4, -0.2) is 14.5 Å². The fraction of sp³-hybridized carbons (Fsp3) is 0.0769. The van der Waals surface area contributed by atoms with Crippen LogP contribution in [0, 0.1) is 0 Å². The van der Waals surface area contributed by atoms with E-state index in [0.29, 0.717) is 5.69 Å². The van der Waals surface area contributed by atoms with Gasteiger partial charge in [0.05, 0.1) is 17.4 Å². The Morgan fingerprint density at radius 2 is 2.06 bits per heavy atom. The van der Waals surface area contributed by atoms with Gasteiger partial charge in [-0.1, -0.05) is 18.2 Å². The van der Waals surface area contributed by atoms with Gasteiger partial charge in [0.15, 0.2) is 5.16 Å². The third-order valence-electron chi connectivity index (χ3n) is 2.72. The largest absolute Gasteiger partial charge is 0.397 e. The maximum absolute atomic E-state index is 6.03. The van der Waals surface area contributed by atoms with Crippen molar-refractivity contribution in [3.63, 3.8) is 0 Å². The average molecular weight is 256 g/mol. The third kappa shape index (κ3) is 1.82. The summed E-state index contributed by atoms with van der Waals surface area (Å²) >= 11 is 1.56. The molecule has 18 heavy (non-hydrogen) atoms. The number of anilines is 1. The number of hydrogen-bond donors (Lipinski definition) is 1. The van der Waals surface area contributed by atoms with E-state index < -0.39 is 0 Å². The molecule has 0 fully saturated rings. The van der Waals surface area contributed by atoms with Crippen molar-refractivity contribution in [2.75, 3.05) is 5.73 Å². The quantitative estimate of drug-likeness (QED) is 0.766. The highest BCUT2D eigenvalue weighted by Gasteiger charge is 2.10. The van der Waals surface area contributed by atoms with Crippen molar-refractivity contribution >= 4 is 28.4 Å². The van der Waals surface area contributed by atoms with Crippen molar-refractivity contribution in [3.8, 4) is 0 Å². The Bertz CT molecular complexity index is 705. The molecule has 0 spiro atoms. The molecule has 0 atom stereocenters. The van der Waals surface area contributed by atoms with E-state index >= 15 is 0 Å². The first kappa shape index (κ1) is 11.1. The number of aromatic nitrogens is 3. The lowest BCUT2D eigenvalue weighted by Gasteiger charge is -2.08. The molecule has 0 bridgehead atoms. The number of hydrogen-bond acceptors (Lipinski definition) is 4. The van der Waals surface area contributed by atoms with Crippen LogP contribution in [0.5, 0.6) is 0 Å². The van der Waals surface area contributed by atoms with E-state index in [2.05, 4.69) is 9.97 Å². The van der Waals surface area contributed by atoms with Crippen molar-refractivity contribution in [2.45, 2.75) is 10.1 Å². The molecule has 0 saturated carbocycles. The summed E-state index contributed by atoms with van der Waals surface area (Å²) in [6.07, 6.45) is 5.40. The second-order valence-corrected chi connectivity index (χ2v) is 4.96. The average Bonchev–Trinajstić information content (AvgIpc) is 2.79. The van der Waals surface area contributed by atoms with E-state index in [0.717, 1.165) is 21.0 Å². The molecule has 2 heterocycles. The monoisotopic (exact) mass is 256 g/mol. The molecule has 0 aliphatic heterocycles.